The van der Waals surface area contributed by atoms with Gasteiger partial charge in [0, 0.05) is 26.3 Å². The van der Waals surface area contributed by atoms with Crippen molar-refractivity contribution in [3.8, 4) is 0 Å². The van der Waals surface area contributed by atoms with Crippen LogP contribution in [0.4, 0.5) is 0 Å². The first-order valence-electron chi connectivity index (χ1n) is 5.97. The molecule has 0 aliphatic carbocycles. The molecule has 1 saturated heterocycles. The van der Waals surface area contributed by atoms with Gasteiger partial charge in [-0.2, -0.15) is 8.42 Å². The molecule has 0 spiro atoms. The van der Waals surface area contributed by atoms with Gasteiger partial charge in [0.25, 0.3) is 10.2 Å². The van der Waals surface area contributed by atoms with E-state index in [1.54, 1.807) is 0 Å². The monoisotopic (exact) mass is 280 g/mol. The number of carboxylic acids is 1. The molecule has 1 heterocycles. The summed E-state index contributed by atoms with van der Waals surface area (Å²) in [5.41, 5.74) is -1.06. The molecule has 0 aromatic carbocycles. The Morgan fingerprint density at radius 1 is 1.33 bits per heavy atom. The van der Waals surface area contributed by atoms with Crippen molar-refractivity contribution in [1.29, 1.82) is 0 Å². The van der Waals surface area contributed by atoms with Gasteiger partial charge in [-0.3, -0.25) is 4.79 Å². The van der Waals surface area contributed by atoms with Crippen LogP contribution in [0.25, 0.3) is 0 Å². The second kappa shape index (κ2) is 6.46. The highest BCUT2D eigenvalue weighted by molar-refractivity contribution is 7.87. The Bertz CT molecular complexity index is 376. The Balaban J connectivity index is 2.60. The molecule has 8 heteroatoms. The van der Waals surface area contributed by atoms with Crippen LogP contribution in [-0.4, -0.2) is 45.8 Å². The zero-order chi connectivity index (χ0) is 13.6. The predicted octanol–water partition coefficient (Wildman–Crippen LogP) is -0.298. The average molecular weight is 280 g/mol. The maximum absolute atomic E-state index is 11.6. The minimum absolute atomic E-state index is 0.106. The van der Waals surface area contributed by atoms with Crippen molar-refractivity contribution in [2.75, 3.05) is 26.3 Å². The molecule has 1 aliphatic rings. The van der Waals surface area contributed by atoms with Crippen molar-refractivity contribution < 1.29 is 23.1 Å². The first kappa shape index (κ1) is 15.4. The molecular formula is C10H20N2O5S. The van der Waals surface area contributed by atoms with Crippen LogP contribution in [0.1, 0.15) is 26.2 Å². The summed E-state index contributed by atoms with van der Waals surface area (Å²) in [5.74, 6) is -0.982. The first-order valence-corrected chi connectivity index (χ1v) is 7.45. The first-order chi connectivity index (χ1) is 8.42. The Morgan fingerprint density at radius 3 is 2.44 bits per heavy atom. The van der Waals surface area contributed by atoms with Gasteiger partial charge in [0.1, 0.15) is 0 Å². The SMILES string of the molecule is CCCNS(=O)(=O)NCC1(C(=O)O)CCOCC1. The van der Waals surface area contributed by atoms with E-state index in [9.17, 15) is 18.3 Å². The lowest BCUT2D eigenvalue weighted by Gasteiger charge is -2.32. The Hall–Kier alpha value is -0.700. The fraction of sp³-hybridized carbons (Fsp3) is 0.900. The lowest BCUT2D eigenvalue weighted by Crippen LogP contribution is -2.49. The van der Waals surface area contributed by atoms with Gasteiger partial charge in [0.05, 0.1) is 5.41 Å². The minimum Gasteiger partial charge on any atom is -0.481 e. The standard InChI is InChI=1S/C10H20N2O5S/c1-2-5-11-18(15,16)12-8-10(9(13)14)3-6-17-7-4-10/h11-12H,2-8H2,1H3,(H,13,14). The average Bonchev–Trinajstić information content (AvgIpc) is 2.35. The van der Waals surface area contributed by atoms with E-state index in [-0.39, 0.29) is 6.54 Å². The normalized spacial score (nSPS) is 19.6. The molecule has 0 unspecified atom stereocenters. The van der Waals surface area contributed by atoms with Gasteiger partial charge >= 0.3 is 5.97 Å². The van der Waals surface area contributed by atoms with E-state index in [0.29, 0.717) is 39.0 Å². The van der Waals surface area contributed by atoms with Crippen LogP contribution in [0.15, 0.2) is 0 Å². The van der Waals surface area contributed by atoms with Crippen molar-refractivity contribution >= 4 is 16.2 Å². The number of nitrogens with one attached hydrogen (secondary N) is 2. The lowest BCUT2D eigenvalue weighted by atomic mass is 9.80. The molecule has 0 radical (unpaired) electrons. The van der Waals surface area contributed by atoms with E-state index in [4.69, 9.17) is 4.74 Å². The molecule has 0 bridgehead atoms. The molecule has 1 fully saturated rings. The molecule has 0 amide bonds. The van der Waals surface area contributed by atoms with E-state index in [1.807, 2.05) is 6.92 Å². The van der Waals surface area contributed by atoms with Crippen LogP contribution >= 0.6 is 0 Å². The second-order valence-electron chi connectivity index (χ2n) is 4.42. The molecular weight excluding hydrogens is 260 g/mol. The van der Waals surface area contributed by atoms with Gasteiger partial charge in [0.2, 0.25) is 0 Å². The zero-order valence-electron chi connectivity index (χ0n) is 10.4. The van der Waals surface area contributed by atoms with Crippen molar-refractivity contribution in [2.45, 2.75) is 26.2 Å². The van der Waals surface area contributed by atoms with E-state index in [1.165, 1.54) is 0 Å². The van der Waals surface area contributed by atoms with Crippen LogP contribution in [0.3, 0.4) is 0 Å². The van der Waals surface area contributed by atoms with E-state index in [2.05, 4.69) is 9.44 Å². The van der Waals surface area contributed by atoms with Crippen molar-refractivity contribution in [3.63, 3.8) is 0 Å². The number of carbonyl (C=O) groups is 1. The van der Waals surface area contributed by atoms with Gasteiger partial charge in [-0.15, -0.1) is 0 Å². The zero-order valence-corrected chi connectivity index (χ0v) is 11.3. The number of aliphatic carboxylic acids is 1. The largest absolute Gasteiger partial charge is 0.481 e. The summed E-state index contributed by atoms with van der Waals surface area (Å²) < 4.78 is 32.9. The maximum atomic E-state index is 11.6. The Morgan fingerprint density at radius 2 is 1.94 bits per heavy atom. The third-order valence-corrected chi connectivity index (χ3v) is 4.15. The molecule has 18 heavy (non-hydrogen) atoms. The summed E-state index contributed by atoms with van der Waals surface area (Å²) in [4.78, 5) is 11.3. The quantitative estimate of drug-likeness (QED) is 0.594. The third kappa shape index (κ3) is 4.20. The Labute approximate surface area is 107 Å². The van der Waals surface area contributed by atoms with Crippen molar-refractivity contribution in [1.82, 2.24) is 9.44 Å². The van der Waals surface area contributed by atoms with Crippen LogP contribution < -0.4 is 9.44 Å². The molecule has 106 valence electrons. The minimum atomic E-state index is -3.62. The van der Waals surface area contributed by atoms with Gasteiger partial charge in [-0.05, 0) is 19.3 Å². The highest BCUT2D eigenvalue weighted by atomic mass is 32.2. The molecule has 0 saturated carbocycles. The Kier molecular flexibility index (Phi) is 5.51. The number of rotatable bonds is 7. The van der Waals surface area contributed by atoms with Crippen molar-refractivity contribution in [2.24, 2.45) is 5.41 Å². The molecule has 0 atom stereocenters. The van der Waals surface area contributed by atoms with Crippen LogP contribution in [0, 0.1) is 5.41 Å². The van der Waals surface area contributed by atoms with Gasteiger partial charge in [-0.25, -0.2) is 9.44 Å². The lowest BCUT2D eigenvalue weighted by molar-refractivity contribution is -0.154. The third-order valence-electron chi connectivity index (χ3n) is 3.05. The van der Waals surface area contributed by atoms with Gasteiger partial charge in [0.15, 0.2) is 0 Å². The molecule has 3 N–H and O–H groups in total. The maximum Gasteiger partial charge on any atom is 0.311 e. The molecule has 0 aromatic rings. The fourth-order valence-electron chi connectivity index (χ4n) is 1.75. The van der Waals surface area contributed by atoms with E-state index in [0.717, 1.165) is 0 Å². The van der Waals surface area contributed by atoms with E-state index >= 15 is 0 Å². The van der Waals surface area contributed by atoms with Crippen LogP contribution in [-0.2, 0) is 19.7 Å². The predicted molar refractivity (Wildman–Crippen MR) is 65.3 cm³/mol. The number of ether oxygens (including phenoxy) is 1. The molecule has 1 aliphatic heterocycles. The summed E-state index contributed by atoms with van der Waals surface area (Å²) in [6, 6.07) is 0. The van der Waals surface area contributed by atoms with Gasteiger partial charge < -0.3 is 9.84 Å². The number of hydrogen-bond acceptors (Lipinski definition) is 4. The summed E-state index contributed by atoms with van der Waals surface area (Å²) in [5, 5.41) is 9.25. The molecule has 0 aromatic heterocycles. The van der Waals surface area contributed by atoms with Crippen molar-refractivity contribution in [3.05, 3.63) is 0 Å². The topological polar surface area (TPSA) is 105 Å². The molecule has 7 nitrogen and oxygen atoms in total. The summed E-state index contributed by atoms with van der Waals surface area (Å²) in [7, 11) is -3.62. The number of carboxylic acid groups (broad SMARTS) is 1. The summed E-state index contributed by atoms with van der Waals surface area (Å²) in [6.07, 6.45) is 1.32. The summed E-state index contributed by atoms with van der Waals surface area (Å²) in [6.45, 7) is 2.76. The summed E-state index contributed by atoms with van der Waals surface area (Å²) >= 11 is 0. The van der Waals surface area contributed by atoms with Crippen LogP contribution in [0.2, 0.25) is 0 Å². The fourth-order valence-corrected chi connectivity index (χ4v) is 2.79. The smallest absolute Gasteiger partial charge is 0.311 e. The van der Waals surface area contributed by atoms with E-state index < -0.39 is 21.6 Å². The van der Waals surface area contributed by atoms with Crippen LogP contribution in [0.5, 0.6) is 0 Å². The number of hydrogen-bond donors (Lipinski definition) is 3. The second-order valence-corrected chi connectivity index (χ2v) is 6.00. The molecule has 1 rings (SSSR count). The van der Waals surface area contributed by atoms with Gasteiger partial charge in [-0.1, -0.05) is 6.92 Å². The highest BCUT2D eigenvalue weighted by Crippen LogP contribution is 2.30. The highest BCUT2D eigenvalue weighted by Gasteiger charge is 2.40.